The molecule has 0 saturated heterocycles. The average Bonchev–Trinajstić information content (AvgIpc) is 2.70. The minimum absolute atomic E-state index is 0.229. The molecule has 19 heavy (non-hydrogen) atoms. The minimum atomic E-state index is -0.229. The molecular weight excluding hydrogens is 285 g/mol. The van der Waals surface area contributed by atoms with Gasteiger partial charge in [0.15, 0.2) is 0 Å². The molecular formula is C13H13Cl2N3O. The number of hydrazone groups is 1. The normalized spacial score (nSPS) is 17.1. The van der Waals surface area contributed by atoms with Crippen LogP contribution in [0.4, 0.5) is 0 Å². The van der Waals surface area contributed by atoms with Crippen molar-refractivity contribution in [1.82, 2.24) is 10.3 Å². The summed E-state index contributed by atoms with van der Waals surface area (Å²) in [5.41, 5.74) is 5.03. The molecule has 1 aliphatic heterocycles. The Morgan fingerprint density at radius 1 is 1.32 bits per heavy atom. The second-order valence-corrected chi connectivity index (χ2v) is 5.22. The zero-order chi connectivity index (χ0) is 14.2. The first-order chi connectivity index (χ1) is 8.91. The first-order valence-electron chi connectivity index (χ1n) is 5.64. The van der Waals surface area contributed by atoms with Crippen LogP contribution in [0.25, 0.3) is 0 Å². The van der Waals surface area contributed by atoms with Gasteiger partial charge in [-0.3, -0.25) is 4.79 Å². The fourth-order valence-corrected chi connectivity index (χ4v) is 2.26. The number of nitrogens with zero attached hydrogens (tertiary/aromatic N) is 2. The van der Waals surface area contributed by atoms with Gasteiger partial charge in [-0.2, -0.15) is 5.10 Å². The lowest BCUT2D eigenvalue weighted by molar-refractivity contribution is -0.116. The molecule has 0 fully saturated rings. The van der Waals surface area contributed by atoms with Crippen molar-refractivity contribution in [2.75, 3.05) is 14.1 Å². The molecule has 1 aliphatic rings. The van der Waals surface area contributed by atoms with Crippen molar-refractivity contribution < 1.29 is 4.79 Å². The van der Waals surface area contributed by atoms with Crippen molar-refractivity contribution in [2.45, 2.75) is 6.92 Å². The van der Waals surface area contributed by atoms with Gasteiger partial charge in [0.1, 0.15) is 5.71 Å². The van der Waals surface area contributed by atoms with Crippen LogP contribution in [0.15, 0.2) is 34.6 Å². The van der Waals surface area contributed by atoms with Crippen LogP contribution in [-0.4, -0.2) is 30.6 Å². The number of hydrogen-bond acceptors (Lipinski definition) is 3. The molecule has 4 nitrogen and oxygen atoms in total. The van der Waals surface area contributed by atoms with Gasteiger partial charge in [0.05, 0.1) is 10.6 Å². The van der Waals surface area contributed by atoms with Gasteiger partial charge in [-0.1, -0.05) is 23.2 Å². The molecule has 0 atom stereocenters. The van der Waals surface area contributed by atoms with Gasteiger partial charge in [-0.05, 0) is 25.1 Å². The van der Waals surface area contributed by atoms with E-state index in [4.69, 9.17) is 23.2 Å². The number of carbonyl (C=O) groups is 1. The molecule has 0 bridgehead atoms. The number of rotatable bonds is 2. The smallest absolute Gasteiger partial charge is 0.275 e. The van der Waals surface area contributed by atoms with Crippen molar-refractivity contribution in [3.8, 4) is 0 Å². The van der Waals surface area contributed by atoms with Crippen LogP contribution in [0.3, 0.4) is 0 Å². The van der Waals surface area contributed by atoms with E-state index in [1.807, 2.05) is 25.9 Å². The van der Waals surface area contributed by atoms with E-state index in [1.54, 1.807) is 18.2 Å². The third kappa shape index (κ3) is 2.60. The molecule has 0 radical (unpaired) electrons. The number of amides is 1. The summed E-state index contributed by atoms with van der Waals surface area (Å²) in [6.07, 6.45) is 0. The summed E-state index contributed by atoms with van der Waals surface area (Å²) >= 11 is 12.0. The second kappa shape index (κ2) is 5.23. The van der Waals surface area contributed by atoms with Crippen LogP contribution in [-0.2, 0) is 4.79 Å². The zero-order valence-corrected chi connectivity index (χ0v) is 12.3. The molecule has 1 heterocycles. The van der Waals surface area contributed by atoms with Crippen LogP contribution < -0.4 is 5.43 Å². The Balaban J connectivity index is 2.56. The summed E-state index contributed by atoms with van der Waals surface area (Å²) < 4.78 is 0. The summed E-state index contributed by atoms with van der Waals surface area (Å²) in [5.74, 6) is -0.229. The van der Waals surface area contributed by atoms with Crippen molar-refractivity contribution >= 4 is 34.8 Å². The molecule has 0 unspecified atom stereocenters. The molecule has 6 heteroatoms. The van der Waals surface area contributed by atoms with E-state index in [-0.39, 0.29) is 5.91 Å². The Morgan fingerprint density at radius 2 is 2.00 bits per heavy atom. The number of nitrogens with one attached hydrogen (secondary N) is 1. The van der Waals surface area contributed by atoms with E-state index in [1.165, 1.54) is 0 Å². The summed E-state index contributed by atoms with van der Waals surface area (Å²) in [7, 11) is 3.74. The highest BCUT2D eigenvalue weighted by atomic mass is 35.5. The van der Waals surface area contributed by atoms with Gasteiger partial charge >= 0.3 is 0 Å². The van der Waals surface area contributed by atoms with E-state index >= 15 is 0 Å². The Hall–Kier alpha value is -1.52. The lowest BCUT2D eigenvalue weighted by atomic mass is 10.0. The molecule has 1 amide bonds. The van der Waals surface area contributed by atoms with E-state index in [2.05, 4.69) is 10.5 Å². The average molecular weight is 298 g/mol. The molecule has 0 spiro atoms. The number of allylic oxidation sites excluding steroid dienone is 1. The van der Waals surface area contributed by atoms with Crippen LogP contribution in [0.5, 0.6) is 0 Å². The van der Waals surface area contributed by atoms with E-state index < -0.39 is 0 Å². The first kappa shape index (κ1) is 13.9. The molecule has 1 aromatic carbocycles. The molecule has 1 aromatic rings. The van der Waals surface area contributed by atoms with E-state index in [0.29, 0.717) is 26.9 Å². The summed E-state index contributed by atoms with van der Waals surface area (Å²) in [4.78, 5) is 13.8. The Bertz CT molecular complexity index is 606. The summed E-state index contributed by atoms with van der Waals surface area (Å²) in [6.45, 7) is 1.86. The van der Waals surface area contributed by atoms with Gasteiger partial charge in [0.2, 0.25) is 0 Å². The maximum Gasteiger partial charge on any atom is 0.275 e. The Kier molecular flexibility index (Phi) is 3.83. The van der Waals surface area contributed by atoms with Gasteiger partial charge in [0, 0.05) is 30.4 Å². The standard InChI is InChI=1S/C13H13Cl2N3O/c1-7(18(2)3)11-12(16-17-13(11)19)9-5-4-8(14)6-10(9)15/h4-6H,1-3H3,(H,17,19). The van der Waals surface area contributed by atoms with Crippen molar-refractivity contribution in [2.24, 2.45) is 5.10 Å². The van der Waals surface area contributed by atoms with Crippen molar-refractivity contribution in [1.29, 1.82) is 0 Å². The van der Waals surface area contributed by atoms with Crippen molar-refractivity contribution in [3.63, 3.8) is 0 Å². The van der Waals surface area contributed by atoms with Gasteiger partial charge in [-0.15, -0.1) is 0 Å². The molecule has 0 aromatic heterocycles. The second-order valence-electron chi connectivity index (χ2n) is 4.38. The van der Waals surface area contributed by atoms with Crippen molar-refractivity contribution in [3.05, 3.63) is 45.1 Å². The largest absolute Gasteiger partial charge is 0.380 e. The van der Waals surface area contributed by atoms with Gasteiger partial charge in [-0.25, -0.2) is 5.43 Å². The lowest BCUT2D eigenvalue weighted by Crippen LogP contribution is -2.21. The van der Waals surface area contributed by atoms with Crippen LogP contribution >= 0.6 is 23.2 Å². The zero-order valence-electron chi connectivity index (χ0n) is 10.8. The number of halogens is 2. The third-order valence-electron chi connectivity index (χ3n) is 2.95. The van der Waals surface area contributed by atoms with E-state index in [9.17, 15) is 4.79 Å². The maximum atomic E-state index is 11.9. The SMILES string of the molecule is CC(=C1C(=O)NN=C1c1ccc(Cl)cc1Cl)N(C)C. The highest BCUT2D eigenvalue weighted by Crippen LogP contribution is 2.26. The number of carbonyl (C=O) groups excluding carboxylic acids is 1. The summed E-state index contributed by atoms with van der Waals surface area (Å²) in [5, 5.41) is 5.08. The Labute approximate surface area is 121 Å². The third-order valence-corrected chi connectivity index (χ3v) is 3.50. The highest BCUT2D eigenvalue weighted by Gasteiger charge is 2.28. The fraction of sp³-hybridized carbons (Fsp3) is 0.231. The maximum absolute atomic E-state index is 11.9. The Morgan fingerprint density at radius 3 is 2.58 bits per heavy atom. The quantitative estimate of drug-likeness (QED) is 0.853. The van der Waals surface area contributed by atoms with Crippen LogP contribution in [0.2, 0.25) is 10.0 Å². The predicted molar refractivity (Wildman–Crippen MR) is 77.5 cm³/mol. The monoisotopic (exact) mass is 297 g/mol. The fourth-order valence-electron chi connectivity index (χ4n) is 1.76. The molecule has 2 rings (SSSR count). The molecule has 0 aliphatic carbocycles. The summed E-state index contributed by atoms with van der Waals surface area (Å²) in [6, 6.07) is 5.11. The highest BCUT2D eigenvalue weighted by molar-refractivity contribution is 6.40. The minimum Gasteiger partial charge on any atom is -0.380 e. The lowest BCUT2D eigenvalue weighted by Gasteiger charge is -2.16. The molecule has 0 saturated carbocycles. The number of hydrogen-bond donors (Lipinski definition) is 1. The molecule has 100 valence electrons. The first-order valence-corrected chi connectivity index (χ1v) is 6.39. The molecule has 1 N–H and O–H groups in total. The predicted octanol–water partition coefficient (Wildman–Crippen LogP) is 2.66. The topological polar surface area (TPSA) is 44.7 Å². The van der Waals surface area contributed by atoms with Gasteiger partial charge in [0.25, 0.3) is 5.91 Å². The van der Waals surface area contributed by atoms with Gasteiger partial charge < -0.3 is 4.90 Å². The van der Waals surface area contributed by atoms with E-state index in [0.717, 1.165) is 5.70 Å². The van der Waals surface area contributed by atoms with Crippen LogP contribution in [0.1, 0.15) is 12.5 Å². The van der Waals surface area contributed by atoms with Crippen LogP contribution in [0, 0.1) is 0 Å². The number of benzene rings is 1.